The van der Waals surface area contributed by atoms with Gasteiger partial charge in [0.05, 0.1) is 5.60 Å². The molecule has 1 unspecified atom stereocenters. The van der Waals surface area contributed by atoms with Gasteiger partial charge in [0.1, 0.15) is 0 Å². The van der Waals surface area contributed by atoms with E-state index in [0.717, 1.165) is 19.3 Å². The Labute approximate surface area is 50.0 Å². The molecule has 1 aliphatic carbocycles. The summed E-state index contributed by atoms with van der Waals surface area (Å²) in [4.78, 5) is 0. The third-order valence-electron chi connectivity index (χ3n) is 1.57. The minimum absolute atomic E-state index is 0.408. The smallest absolute Gasteiger partial charge is 0.0657 e. The van der Waals surface area contributed by atoms with Gasteiger partial charge in [-0.15, -0.1) is 0 Å². The fourth-order valence-corrected chi connectivity index (χ4v) is 0.951. The number of rotatable bonds is 0. The monoisotopic (exact) mass is 112 g/mol. The second kappa shape index (κ2) is 1.90. The van der Waals surface area contributed by atoms with E-state index in [9.17, 15) is 5.11 Å². The molecule has 0 heterocycles. The van der Waals surface area contributed by atoms with E-state index in [1.807, 2.05) is 13.0 Å². The highest BCUT2D eigenvalue weighted by Crippen LogP contribution is 2.21. The third-order valence-corrected chi connectivity index (χ3v) is 1.57. The van der Waals surface area contributed by atoms with Crippen LogP contribution in [0.3, 0.4) is 0 Å². The van der Waals surface area contributed by atoms with Gasteiger partial charge in [0.25, 0.3) is 0 Å². The van der Waals surface area contributed by atoms with Crippen molar-refractivity contribution in [1.29, 1.82) is 0 Å². The van der Waals surface area contributed by atoms with Crippen LogP contribution in [0.2, 0.25) is 0 Å². The van der Waals surface area contributed by atoms with E-state index in [1.54, 1.807) is 0 Å². The van der Waals surface area contributed by atoms with Gasteiger partial charge in [-0.1, -0.05) is 12.2 Å². The average Bonchev–Trinajstić information content (AvgIpc) is 1.65. The molecule has 1 nitrogen and oxygen atoms in total. The summed E-state index contributed by atoms with van der Waals surface area (Å²) in [6, 6.07) is 0. The summed E-state index contributed by atoms with van der Waals surface area (Å²) in [5.41, 5.74) is -0.408. The van der Waals surface area contributed by atoms with Crippen molar-refractivity contribution in [2.45, 2.75) is 31.8 Å². The van der Waals surface area contributed by atoms with E-state index in [0.29, 0.717) is 0 Å². The number of aliphatic hydroxyl groups is 1. The van der Waals surface area contributed by atoms with Gasteiger partial charge in [0, 0.05) is 0 Å². The zero-order valence-corrected chi connectivity index (χ0v) is 5.22. The summed E-state index contributed by atoms with van der Waals surface area (Å²) in [5, 5.41) is 9.32. The van der Waals surface area contributed by atoms with Crippen LogP contribution in [0.1, 0.15) is 26.2 Å². The Morgan fingerprint density at radius 2 is 2.25 bits per heavy atom. The molecule has 46 valence electrons. The molecule has 0 radical (unpaired) electrons. The standard InChI is InChI=1S/C7H12O/c1-7(8)5-3-2-4-6-7/h2-3,8H,4-6H2,1H3. The van der Waals surface area contributed by atoms with Crippen LogP contribution in [0.25, 0.3) is 0 Å². The molecule has 1 atom stereocenters. The van der Waals surface area contributed by atoms with E-state index in [1.165, 1.54) is 0 Å². The Bertz CT molecular complexity index is 103. The van der Waals surface area contributed by atoms with Crippen molar-refractivity contribution in [2.24, 2.45) is 0 Å². The van der Waals surface area contributed by atoms with Crippen LogP contribution in [-0.2, 0) is 0 Å². The summed E-state index contributed by atoms with van der Waals surface area (Å²) >= 11 is 0. The van der Waals surface area contributed by atoms with E-state index in [-0.39, 0.29) is 0 Å². The average molecular weight is 112 g/mol. The normalized spacial score (nSPS) is 37.8. The van der Waals surface area contributed by atoms with Crippen LogP contribution in [0, 0.1) is 0 Å². The lowest BCUT2D eigenvalue weighted by Crippen LogP contribution is -2.24. The predicted octanol–water partition coefficient (Wildman–Crippen LogP) is 1.48. The summed E-state index contributed by atoms with van der Waals surface area (Å²) in [6.07, 6.45) is 6.95. The van der Waals surface area contributed by atoms with Crippen molar-refractivity contribution in [3.63, 3.8) is 0 Å². The zero-order chi connectivity index (χ0) is 6.04. The van der Waals surface area contributed by atoms with Gasteiger partial charge in [0.15, 0.2) is 0 Å². The van der Waals surface area contributed by atoms with Gasteiger partial charge in [-0.2, -0.15) is 0 Å². The lowest BCUT2D eigenvalue weighted by Gasteiger charge is -2.23. The topological polar surface area (TPSA) is 20.2 Å². The molecule has 0 aromatic rings. The zero-order valence-electron chi connectivity index (χ0n) is 5.22. The summed E-state index contributed by atoms with van der Waals surface area (Å²) in [7, 11) is 0. The van der Waals surface area contributed by atoms with Crippen LogP contribution >= 0.6 is 0 Å². The molecule has 1 rings (SSSR count). The van der Waals surface area contributed by atoms with Crippen LogP contribution < -0.4 is 0 Å². The minimum Gasteiger partial charge on any atom is -0.390 e. The summed E-state index contributed by atoms with van der Waals surface area (Å²) in [5.74, 6) is 0. The van der Waals surface area contributed by atoms with E-state index in [2.05, 4.69) is 6.08 Å². The van der Waals surface area contributed by atoms with Crippen LogP contribution in [-0.4, -0.2) is 10.7 Å². The highest BCUT2D eigenvalue weighted by molar-refractivity contribution is 4.95. The second-order valence-corrected chi connectivity index (χ2v) is 2.71. The molecule has 0 aromatic heterocycles. The van der Waals surface area contributed by atoms with E-state index >= 15 is 0 Å². The molecule has 0 aromatic carbocycles. The van der Waals surface area contributed by atoms with Gasteiger partial charge < -0.3 is 5.11 Å². The maximum atomic E-state index is 9.32. The second-order valence-electron chi connectivity index (χ2n) is 2.71. The first-order valence-corrected chi connectivity index (χ1v) is 3.08. The van der Waals surface area contributed by atoms with Crippen LogP contribution in [0.5, 0.6) is 0 Å². The summed E-state index contributed by atoms with van der Waals surface area (Å²) < 4.78 is 0. The molecule has 0 spiro atoms. The molecule has 1 aliphatic rings. The largest absolute Gasteiger partial charge is 0.390 e. The Hall–Kier alpha value is -0.300. The SMILES string of the molecule is CC1(O)CC=CCC1. The molecule has 0 saturated heterocycles. The quantitative estimate of drug-likeness (QED) is 0.470. The van der Waals surface area contributed by atoms with Crippen LogP contribution in [0.15, 0.2) is 12.2 Å². The molecule has 1 heteroatoms. The maximum Gasteiger partial charge on any atom is 0.0657 e. The highest BCUT2D eigenvalue weighted by atomic mass is 16.3. The predicted molar refractivity (Wildman–Crippen MR) is 33.6 cm³/mol. The van der Waals surface area contributed by atoms with Gasteiger partial charge in [0.2, 0.25) is 0 Å². The molecule has 0 amide bonds. The third kappa shape index (κ3) is 1.34. The molecule has 0 bridgehead atoms. The van der Waals surface area contributed by atoms with Crippen molar-refractivity contribution >= 4 is 0 Å². The number of allylic oxidation sites excluding steroid dienone is 1. The molecule has 8 heavy (non-hydrogen) atoms. The Kier molecular flexibility index (Phi) is 1.39. The highest BCUT2D eigenvalue weighted by Gasteiger charge is 2.19. The molecule has 0 saturated carbocycles. The first-order valence-electron chi connectivity index (χ1n) is 3.08. The molecule has 0 aliphatic heterocycles. The minimum atomic E-state index is -0.408. The first-order chi connectivity index (χ1) is 3.71. The van der Waals surface area contributed by atoms with Gasteiger partial charge in [-0.25, -0.2) is 0 Å². The molecular formula is C7H12O. The fourth-order valence-electron chi connectivity index (χ4n) is 0.951. The van der Waals surface area contributed by atoms with E-state index in [4.69, 9.17) is 0 Å². The maximum absolute atomic E-state index is 9.32. The van der Waals surface area contributed by atoms with Crippen molar-refractivity contribution in [2.75, 3.05) is 0 Å². The van der Waals surface area contributed by atoms with Crippen molar-refractivity contribution < 1.29 is 5.11 Å². The number of hydrogen-bond donors (Lipinski definition) is 1. The van der Waals surface area contributed by atoms with Gasteiger partial charge in [-0.3, -0.25) is 0 Å². The number of hydrogen-bond acceptors (Lipinski definition) is 1. The fraction of sp³-hybridized carbons (Fsp3) is 0.714. The van der Waals surface area contributed by atoms with Crippen molar-refractivity contribution in [3.05, 3.63) is 12.2 Å². The van der Waals surface area contributed by atoms with Crippen LogP contribution in [0.4, 0.5) is 0 Å². The Morgan fingerprint density at radius 3 is 2.50 bits per heavy atom. The Balaban J connectivity index is 2.50. The lowest BCUT2D eigenvalue weighted by atomic mass is 9.92. The lowest BCUT2D eigenvalue weighted by molar-refractivity contribution is 0.0511. The first kappa shape index (κ1) is 5.83. The van der Waals surface area contributed by atoms with Crippen molar-refractivity contribution in [3.8, 4) is 0 Å². The molecule has 0 fully saturated rings. The van der Waals surface area contributed by atoms with E-state index < -0.39 is 5.60 Å². The van der Waals surface area contributed by atoms with Gasteiger partial charge in [-0.05, 0) is 26.2 Å². The molecule has 1 N–H and O–H groups in total. The summed E-state index contributed by atoms with van der Waals surface area (Å²) in [6.45, 7) is 1.89. The Morgan fingerprint density at radius 1 is 1.50 bits per heavy atom. The van der Waals surface area contributed by atoms with Crippen molar-refractivity contribution in [1.82, 2.24) is 0 Å². The van der Waals surface area contributed by atoms with Gasteiger partial charge >= 0.3 is 0 Å². The molecular weight excluding hydrogens is 100 g/mol.